The highest BCUT2D eigenvalue weighted by molar-refractivity contribution is 7.89. The molecule has 0 aromatic heterocycles. The van der Waals surface area contributed by atoms with Crippen LogP contribution in [0.2, 0.25) is 0 Å². The van der Waals surface area contributed by atoms with E-state index in [2.05, 4.69) is 10.6 Å². The number of nitrogens with zero attached hydrogens (tertiary/aromatic N) is 1. The Kier molecular flexibility index (Phi) is 4.71. The molecular weight excluding hydrogens is 394 g/mol. The fourth-order valence-electron chi connectivity index (χ4n) is 3.61. The van der Waals surface area contributed by atoms with Crippen LogP contribution in [0.15, 0.2) is 47.4 Å². The first kappa shape index (κ1) is 19.3. The highest BCUT2D eigenvalue weighted by Gasteiger charge is 2.39. The number of sulfonamides is 1. The van der Waals surface area contributed by atoms with Gasteiger partial charge in [-0.2, -0.15) is 4.31 Å². The second kappa shape index (κ2) is 7.09. The Morgan fingerprint density at radius 3 is 2.48 bits per heavy atom. The van der Waals surface area contributed by atoms with Crippen LogP contribution in [-0.4, -0.2) is 43.0 Å². The Labute approximate surface area is 168 Å². The number of carbonyl (C=O) groups is 3. The van der Waals surface area contributed by atoms with Crippen LogP contribution in [0.3, 0.4) is 0 Å². The molecule has 1 fully saturated rings. The van der Waals surface area contributed by atoms with Crippen molar-refractivity contribution in [3.63, 3.8) is 0 Å². The van der Waals surface area contributed by atoms with E-state index in [1.165, 1.54) is 34.6 Å². The smallest absolute Gasteiger partial charge is 0.259 e. The van der Waals surface area contributed by atoms with Crippen molar-refractivity contribution >= 4 is 33.4 Å². The molecule has 1 unspecified atom stereocenters. The van der Waals surface area contributed by atoms with Crippen LogP contribution in [-0.2, 0) is 14.8 Å². The molecule has 0 spiro atoms. The molecule has 4 rings (SSSR count). The second-order valence-corrected chi connectivity index (χ2v) is 9.01. The molecule has 0 radical (unpaired) electrons. The number of anilines is 1. The van der Waals surface area contributed by atoms with Crippen molar-refractivity contribution in [1.82, 2.24) is 9.62 Å². The summed E-state index contributed by atoms with van der Waals surface area (Å²) in [5.41, 5.74) is 1.71. The SMILES string of the molecule is Cc1ccc(S(=O)(=O)N2CCCC2C(=O)Nc2ccc3c(c2)C(=O)NC3=O)cc1. The van der Waals surface area contributed by atoms with Gasteiger partial charge in [-0.3, -0.25) is 19.7 Å². The van der Waals surface area contributed by atoms with Gasteiger partial charge in [0.25, 0.3) is 11.8 Å². The van der Waals surface area contributed by atoms with E-state index in [-0.39, 0.29) is 22.6 Å². The summed E-state index contributed by atoms with van der Waals surface area (Å²) in [7, 11) is -3.80. The Hall–Kier alpha value is -3.04. The maximum atomic E-state index is 13.0. The number of hydrogen-bond donors (Lipinski definition) is 2. The minimum absolute atomic E-state index is 0.149. The third kappa shape index (κ3) is 3.43. The Bertz CT molecular complexity index is 1130. The minimum atomic E-state index is -3.80. The number of rotatable bonds is 4. The average Bonchev–Trinajstić information content (AvgIpc) is 3.28. The Morgan fingerprint density at radius 1 is 1.07 bits per heavy atom. The number of imide groups is 1. The highest BCUT2D eigenvalue weighted by atomic mass is 32.2. The molecule has 8 nitrogen and oxygen atoms in total. The van der Waals surface area contributed by atoms with E-state index in [1.54, 1.807) is 12.1 Å². The van der Waals surface area contributed by atoms with Gasteiger partial charge in [0.05, 0.1) is 16.0 Å². The number of hydrogen-bond acceptors (Lipinski definition) is 5. The van der Waals surface area contributed by atoms with Crippen LogP contribution in [0.25, 0.3) is 0 Å². The van der Waals surface area contributed by atoms with Gasteiger partial charge >= 0.3 is 0 Å². The molecule has 29 heavy (non-hydrogen) atoms. The number of carbonyl (C=O) groups excluding carboxylic acids is 3. The third-order valence-electron chi connectivity index (χ3n) is 5.14. The molecule has 2 aliphatic heterocycles. The topological polar surface area (TPSA) is 113 Å². The van der Waals surface area contributed by atoms with E-state index in [0.29, 0.717) is 18.5 Å². The van der Waals surface area contributed by atoms with E-state index >= 15 is 0 Å². The molecular formula is C20H19N3O5S. The summed E-state index contributed by atoms with van der Waals surface area (Å²) in [6, 6.07) is 10.1. The van der Waals surface area contributed by atoms with E-state index in [4.69, 9.17) is 0 Å². The number of nitrogens with one attached hydrogen (secondary N) is 2. The zero-order valence-corrected chi connectivity index (χ0v) is 16.5. The summed E-state index contributed by atoms with van der Waals surface area (Å²) in [4.78, 5) is 36.4. The number of amides is 3. The molecule has 2 aromatic rings. The van der Waals surface area contributed by atoms with Crippen molar-refractivity contribution in [1.29, 1.82) is 0 Å². The highest BCUT2D eigenvalue weighted by Crippen LogP contribution is 2.28. The quantitative estimate of drug-likeness (QED) is 0.741. The summed E-state index contributed by atoms with van der Waals surface area (Å²) in [6.07, 6.45) is 0.977. The second-order valence-electron chi connectivity index (χ2n) is 7.12. The summed E-state index contributed by atoms with van der Waals surface area (Å²) >= 11 is 0. The summed E-state index contributed by atoms with van der Waals surface area (Å²) in [5, 5.41) is 4.86. The van der Waals surface area contributed by atoms with Crippen molar-refractivity contribution in [2.24, 2.45) is 0 Å². The number of benzene rings is 2. The summed E-state index contributed by atoms with van der Waals surface area (Å²) in [6.45, 7) is 2.13. The van der Waals surface area contributed by atoms with Gasteiger partial charge in [0.2, 0.25) is 15.9 Å². The van der Waals surface area contributed by atoms with Gasteiger partial charge in [-0.1, -0.05) is 17.7 Å². The summed E-state index contributed by atoms with van der Waals surface area (Å²) in [5.74, 6) is -1.47. The fraction of sp³-hybridized carbons (Fsp3) is 0.250. The van der Waals surface area contributed by atoms with Crippen LogP contribution in [0.4, 0.5) is 5.69 Å². The van der Waals surface area contributed by atoms with E-state index in [1.807, 2.05) is 6.92 Å². The predicted octanol–water partition coefficient (Wildman–Crippen LogP) is 1.67. The standard InChI is InChI=1S/C20H19N3O5S/c1-12-4-7-14(8-5-12)29(27,28)23-10-2-3-17(23)20(26)21-13-6-9-15-16(11-13)19(25)22-18(15)24/h4-9,11,17H,2-3,10H2,1H3,(H,21,26)(H,22,24,25). The predicted molar refractivity (Wildman–Crippen MR) is 105 cm³/mol. The van der Waals surface area contributed by atoms with Crippen LogP contribution in [0.1, 0.15) is 39.1 Å². The van der Waals surface area contributed by atoms with Crippen LogP contribution < -0.4 is 10.6 Å². The molecule has 0 bridgehead atoms. The molecule has 1 saturated heterocycles. The van der Waals surface area contributed by atoms with Gasteiger partial charge in [-0.15, -0.1) is 0 Å². The van der Waals surface area contributed by atoms with Gasteiger partial charge in [-0.05, 0) is 50.1 Å². The maximum absolute atomic E-state index is 13.0. The molecule has 0 saturated carbocycles. The molecule has 1 atom stereocenters. The van der Waals surface area contributed by atoms with Crippen molar-refractivity contribution in [2.45, 2.75) is 30.7 Å². The molecule has 2 heterocycles. The Morgan fingerprint density at radius 2 is 1.76 bits per heavy atom. The van der Waals surface area contributed by atoms with Gasteiger partial charge < -0.3 is 5.32 Å². The molecule has 2 N–H and O–H groups in total. The normalized spacial score (nSPS) is 19.1. The first-order valence-electron chi connectivity index (χ1n) is 9.16. The maximum Gasteiger partial charge on any atom is 0.259 e. The largest absolute Gasteiger partial charge is 0.325 e. The van der Waals surface area contributed by atoms with E-state index in [0.717, 1.165) is 5.56 Å². The lowest BCUT2D eigenvalue weighted by Crippen LogP contribution is -2.43. The Balaban J connectivity index is 1.56. The minimum Gasteiger partial charge on any atom is -0.325 e. The molecule has 2 aliphatic rings. The van der Waals surface area contributed by atoms with Gasteiger partial charge in [0, 0.05) is 12.2 Å². The zero-order valence-electron chi connectivity index (χ0n) is 15.6. The van der Waals surface area contributed by atoms with Gasteiger partial charge in [-0.25, -0.2) is 8.42 Å². The van der Waals surface area contributed by atoms with Crippen molar-refractivity contribution in [2.75, 3.05) is 11.9 Å². The molecule has 2 aromatic carbocycles. The van der Waals surface area contributed by atoms with E-state index < -0.39 is 33.8 Å². The monoisotopic (exact) mass is 413 g/mol. The average molecular weight is 413 g/mol. The third-order valence-corrected chi connectivity index (χ3v) is 7.06. The molecule has 9 heteroatoms. The van der Waals surface area contributed by atoms with Crippen LogP contribution in [0, 0.1) is 6.92 Å². The van der Waals surface area contributed by atoms with Gasteiger partial charge in [0.1, 0.15) is 6.04 Å². The first-order valence-corrected chi connectivity index (χ1v) is 10.6. The van der Waals surface area contributed by atoms with Gasteiger partial charge in [0.15, 0.2) is 0 Å². The lowest BCUT2D eigenvalue weighted by atomic mass is 10.1. The van der Waals surface area contributed by atoms with Crippen molar-refractivity contribution < 1.29 is 22.8 Å². The number of fused-ring (bicyclic) bond motifs is 1. The number of aryl methyl sites for hydroxylation is 1. The van der Waals surface area contributed by atoms with Crippen LogP contribution in [0.5, 0.6) is 0 Å². The molecule has 0 aliphatic carbocycles. The van der Waals surface area contributed by atoms with Crippen molar-refractivity contribution in [3.8, 4) is 0 Å². The molecule has 150 valence electrons. The lowest BCUT2D eigenvalue weighted by Gasteiger charge is -2.23. The first-order chi connectivity index (χ1) is 13.8. The van der Waals surface area contributed by atoms with E-state index in [9.17, 15) is 22.8 Å². The molecule has 3 amide bonds. The lowest BCUT2D eigenvalue weighted by molar-refractivity contribution is -0.119. The van der Waals surface area contributed by atoms with Crippen LogP contribution >= 0.6 is 0 Å². The summed E-state index contributed by atoms with van der Waals surface area (Å²) < 4.78 is 27.2. The van der Waals surface area contributed by atoms with Crippen molar-refractivity contribution in [3.05, 3.63) is 59.2 Å². The zero-order chi connectivity index (χ0) is 20.8. The fourth-order valence-corrected chi connectivity index (χ4v) is 5.26.